The summed E-state index contributed by atoms with van der Waals surface area (Å²) in [6, 6.07) is 8.75. The largest absolute Gasteiger partial charge is 0.378 e. The van der Waals surface area contributed by atoms with E-state index >= 15 is 0 Å². The van der Waals surface area contributed by atoms with E-state index in [0.717, 1.165) is 12.1 Å². The Kier molecular flexibility index (Phi) is 4.70. The number of piperidine rings is 1. The van der Waals surface area contributed by atoms with Gasteiger partial charge in [0.15, 0.2) is 0 Å². The first-order valence-electron chi connectivity index (χ1n) is 7.73. The highest BCUT2D eigenvalue weighted by Gasteiger charge is 2.32. The molecule has 2 aliphatic rings. The summed E-state index contributed by atoms with van der Waals surface area (Å²) in [5.74, 6) is -0.199. The normalized spacial score (nSPS) is 25.8. The van der Waals surface area contributed by atoms with E-state index in [1.807, 2.05) is 30.3 Å². The second-order valence-corrected chi connectivity index (χ2v) is 5.61. The monoisotopic (exact) mass is 303 g/mol. The van der Waals surface area contributed by atoms with Gasteiger partial charge in [0.05, 0.1) is 13.2 Å². The third-order valence-corrected chi connectivity index (χ3v) is 4.06. The van der Waals surface area contributed by atoms with Crippen molar-refractivity contribution in [3.8, 4) is 0 Å². The average molecular weight is 303 g/mol. The first kappa shape index (κ1) is 15.0. The number of amides is 2. The zero-order valence-corrected chi connectivity index (χ0v) is 12.5. The van der Waals surface area contributed by atoms with Crippen molar-refractivity contribution in [3.05, 3.63) is 30.3 Å². The molecular formula is C16H21N3O3. The fourth-order valence-electron chi connectivity index (χ4n) is 2.88. The zero-order valence-electron chi connectivity index (χ0n) is 12.5. The van der Waals surface area contributed by atoms with Crippen LogP contribution in [0.4, 0.5) is 5.69 Å². The third-order valence-electron chi connectivity index (χ3n) is 4.06. The van der Waals surface area contributed by atoms with Crippen molar-refractivity contribution < 1.29 is 14.3 Å². The van der Waals surface area contributed by atoms with Crippen molar-refractivity contribution in [1.29, 1.82) is 0 Å². The highest BCUT2D eigenvalue weighted by Crippen LogP contribution is 2.20. The molecule has 2 fully saturated rings. The summed E-state index contributed by atoms with van der Waals surface area (Å²) in [5, 5.41) is 5.97. The van der Waals surface area contributed by atoms with Crippen LogP contribution >= 0.6 is 0 Å². The molecule has 2 N–H and O–H groups in total. The third kappa shape index (κ3) is 3.28. The molecule has 0 aromatic heterocycles. The number of rotatable bonds is 3. The van der Waals surface area contributed by atoms with Gasteiger partial charge in [-0.05, 0) is 25.0 Å². The number of hydrogen-bond acceptors (Lipinski definition) is 4. The molecule has 0 bridgehead atoms. The van der Waals surface area contributed by atoms with Gasteiger partial charge in [-0.15, -0.1) is 0 Å². The minimum absolute atomic E-state index is 0.0393. The van der Waals surface area contributed by atoms with Gasteiger partial charge in [-0.25, -0.2) is 0 Å². The molecule has 1 aromatic rings. The molecule has 2 saturated heterocycles. The summed E-state index contributed by atoms with van der Waals surface area (Å²) in [4.78, 5) is 26.6. The summed E-state index contributed by atoms with van der Waals surface area (Å²) < 4.78 is 5.29. The summed E-state index contributed by atoms with van der Waals surface area (Å²) in [5.41, 5.74) is 0.880. The van der Waals surface area contributed by atoms with Crippen molar-refractivity contribution in [1.82, 2.24) is 10.6 Å². The Bertz CT molecular complexity index is 529. The molecule has 2 heterocycles. The van der Waals surface area contributed by atoms with Gasteiger partial charge in [0.2, 0.25) is 11.8 Å². The second kappa shape index (κ2) is 6.89. The maximum absolute atomic E-state index is 12.6. The van der Waals surface area contributed by atoms with Crippen molar-refractivity contribution in [2.45, 2.75) is 24.9 Å². The van der Waals surface area contributed by atoms with Crippen LogP contribution in [-0.4, -0.2) is 50.2 Å². The van der Waals surface area contributed by atoms with E-state index < -0.39 is 6.04 Å². The summed E-state index contributed by atoms with van der Waals surface area (Å²) in [6.07, 6.45) is 1.56. The van der Waals surface area contributed by atoms with Gasteiger partial charge >= 0.3 is 0 Å². The van der Waals surface area contributed by atoms with Gasteiger partial charge in [0.1, 0.15) is 12.1 Å². The van der Waals surface area contributed by atoms with E-state index in [4.69, 9.17) is 4.74 Å². The Labute approximate surface area is 129 Å². The predicted octanol–water partition coefficient (Wildman–Crippen LogP) is 0.287. The fourth-order valence-corrected chi connectivity index (χ4v) is 2.88. The number of benzene rings is 1. The van der Waals surface area contributed by atoms with Crippen molar-refractivity contribution in [2.75, 3.05) is 31.2 Å². The zero-order chi connectivity index (χ0) is 15.4. The highest BCUT2D eigenvalue weighted by molar-refractivity contribution is 6.00. The standard InChI is InChI=1S/C16H21N3O3/c20-15(14-11-22-10-8-17-14)18-13-7-4-9-19(16(13)21)12-5-2-1-3-6-12/h1-3,5-6,13-14,17H,4,7-11H2,(H,18,20). The van der Waals surface area contributed by atoms with Gasteiger partial charge in [0.25, 0.3) is 0 Å². The summed E-state index contributed by atoms with van der Waals surface area (Å²) >= 11 is 0. The number of nitrogens with one attached hydrogen (secondary N) is 2. The van der Waals surface area contributed by atoms with Crippen LogP contribution in [0.2, 0.25) is 0 Å². The molecule has 1 aromatic carbocycles. The molecule has 2 atom stereocenters. The first-order valence-corrected chi connectivity index (χ1v) is 7.73. The molecule has 0 saturated carbocycles. The lowest BCUT2D eigenvalue weighted by Crippen LogP contribution is -2.58. The van der Waals surface area contributed by atoms with Crippen molar-refractivity contribution >= 4 is 17.5 Å². The Morgan fingerprint density at radius 3 is 2.86 bits per heavy atom. The first-order chi connectivity index (χ1) is 10.8. The van der Waals surface area contributed by atoms with Crippen molar-refractivity contribution in [3.63, 3.8) is 0 Å². The van der Waals surface area contributed by atoms with E-state index in [2.05, 4.69) is 10.6 Å². The molecule has 0 radical (unpaired) electrons. The fraction of sp³-hybridized carbons (Fsp3) is 0.500. The van der Waals surface area contributed by atoms with E-state index in [0.29, 0.717) is 32.7 Å². The molecule has 6 heteroatoms. The number of nitrogens with zero attached hydrogens (tertiary/aromatic N) is 1. The number of hydrogen-bond donors (Lipinski definition) is 2. The van der Waals surface area contributed by atoms with Crippen LogP contribution in [0.3, 0.4) is 0 Å². The van der Waals surface area contributed by atoms with Gasteiger partial charge in [0, 0.05) is 18.8 Å². The van der Waals surface area contributed by atoms with E-state index in [1.165, 1.54) is 0 Å². The molecule has 2 amide bonds. The minimum atomic E-state index is -0.454. The SMILES string of the molecule is O=C(NC1CCCN(c2ccccc2)C1=O)C1COCCN1. The lowest BCUT2D eigenvalue weighted by atomic mass is 10.0. The molecular weight excluding hydrogens is 282 g/mol. The van der Waals surface area contributed by atoms with Crippen molar-refractivity contribution in [2.24, 2.45) is 0 Å². The summed E-state index contributed by atoms with van der Waals surface area (Å²) in [6.45, 7) is 2.33. The maximum Gasteiger partial charge on any atom is 0.249 e. The number of carbonyl (C=O) groups is 2. The average Bonchev–Trinajstić information content (AvgIpc) is 2.58. The Morgan fingerprint density at radius 1 is 1.32 bits per heavy atom. The Morgan fingerprint density at radius 2 is 2.14 bits per heavy atom. The van der Waals surface area contributed by atoms with Crippen LogP contribution in [0.1, 0.15) is 12.8 Å². The number of morpholine rings is 1. The van der Waals surface area contributed by atoms with Gasteiger partial charge in [-0.3, -0.25) is 9.59 Å². The Balaban J connectivity index is 1.64. The molecule has 118 valence electrons. The van der Waals surface area contributed by atoms with Crippen LogP contribution in [0, 0.1) is 0 Å². The molecule has 0 aliphatic carbocycles. The lowest BCUT2D eigenvalue weighted by Gasteiger charge is -2.33. The molecule has 3 rings (SSSR count). The van der Waals surface area contributed by atoms with Gasteiger partial charge in [-0.2, -0.15) is 0 Å². The molecule has 2 aliphatic heterocycles. The van der Waals surface area contributed by atoms with Crippen LogP contribution in [0.25, 0.3) is 0 Å². The Hall–Kier alpha value is -1.92. The van der Waals surface area contributed by atoms with Crippen LogP contribution in [0.5, 0.6) is 0 Å². The number of carbonyl (C=O) groups excluding carboxylic acids is 2. The topological polar surface area (TPSA) is 70.7 Å². The molecule has 2 unspecified atom stereocenters. The summed E-state index contributed by atoms with van der Waals surface area (Å²) in [7, 11) is 0. The number of anilines is 1. The second-order valence-electron chi connectivity index (χ2n) is 5.61. The molecule has 22 heavy (non-hydrogen) atoms. The maximum atomic E-state index is 12.6. The van der Waals surface area contributed by atoms with Gasteiger partial charge in [-0.1, -0.05) is 18.2 Å². The van der Waals surface area contributed by atoms with Crippen LogP contribution in [-0.2, 0) is 14.3 Å². The van der Waals surface area contributed by atoms with E-state index in [-0.39, 0.29) is 17.9 Å². The smallest absolute Gasteiger partial charge is 0.249 e. The lowest BCUT2D eigenvalue weighted by molar-refractivity contribution is -0.131. The van der Waals surface area contributed by atoms with Gasteiger partial charge < -0.3 is 20.3 Å². The van der Waals surface area contributed by atoms with E-state index in [1.54, 1.807) is 4.90 Å². The van der Waals surface area contributed by atoms with Crippen LogP contribution in [0.15, 0.2) is 30.3 Å². The van der Waals surface area contributed by atoms with Crippen LogP contribution < -0.4 is 15.5 Å². The highest BCUT2D eigenvalue weighted by atomic mass is 16.5. The molecule has 6 nitrogen and oxygen atoms in total. The molecule has 0 spiro atoms. The van der Waals surface area contributed by atoms with E-state index in [9.17, 15) is 9.59 Å². The predicted molar refractivity (Wildman–Crippen MR) is 82.6 cm³/mol. The minimum Gasteiger partial charge on any atom is -0.378 e. The quantitative estimate of drug-likeness (QED) is 0.842. The number of ether oxygens (including phenoxy) is 1. The number of para-hydroxylation sites is 1.